The monoisotopic (exact) mass is 356 g/mol. The van der Waals surface area contributed by atoms with Gasteiger partial charge in [0.2, 0.25) is 11.8 Å². The lowest BCUT2D eigenvalue weighted by Gasteiger charge is -2.35. The van der Waals surface area contributed by atoms with Crippen LogP contribution in [-0.4, -0.2) is 74.0 Å². The fourth-order valence-electron chi connectivity index (χ4n) is 3.85. The van der Waals surface area contributed by atoms with Crippen molar-refractivity contribution in [3.63, 3.8) is 0 Å². The first-order chi connectivity index (χ1) is 12.7. The van der Waals surface area contributed by atoms with Crippen molar-refractivity contribution in [2.75, 3.05) is 57.3 Å². The standard InChI is InChI=1S/C20H28N4O2/c25-19(14-21-13-16-5-6-16)23-11-9-22(10-12-23)15-20(26)24-8-7-17-3-1-2-4-18(17)24/h1-4,16,21H,5-15H2. The third-order valence-corrected chi connectivity index (χ3v) is 5.68. The van der Waals surface area contributed by atoms with Crippen molar-refractivity contribution in [1.82, 2.24) is 15.1 Å². The average molecular weight is 356 g/mol. The zero-order valence-corrected chi connectivity index (χ0v) is 15.3. The van der Waals surface area contributed by atoms with Gasteiger partial charge in [-0.25, -0.2) is 0 Å². The van der Waals surface area contributed by atoms with E-state index >= 15 is 0 Å². The molecule has 3 aliphatic rings. The number of anilines is 1. The molecule has 0 radical (unpaired) electrons. The molecule has 1 aromatic carbocycles. The van der Waals surface area contributed by atoms with Gasteiger partial charge in [-0.15, -0.1) is 0 Å². The van der Waals surface area contributed by atoms with Crippen LogP contribution in [-0.2, 0) is 16.0 Å². The minimum Gasteiger partial charge on any atom is -0.339 e. The average Bonchev–Trinajstić information content (AvgIpc) is 3.38. The smallest absolute Gasteiger partial charge is 0.241 e. The summed E-state index contributed by atoms with van der Waals surface area (Å²) in [6.45, 7) is 5.61. The van der Waals surface area contributed by atoms with Crippen molar-refractivity contribution < 1.29 is 9.59 Å². The number of piperazine rings is 1. The van der Waals surface area contributed by atoms with Crippen LogP contribution < -0.4 is 10.2 Å². The number of benzene rings is 1. The zero-order valence-electron chi connectivity index (χ0n) is 15.3. The molecule has 1 N–H and O–H groups in total. The highest BCUT2D eigenvalue weighted by atomic mass is 16.2. The van der Waals surface area contributed by atoms with Gasteiger partial charge in [0, 0.05) is 38.4 Å². The highest BCUT2D eigenvalue weighted by Gasteiger charge is 2.28. The van der Waals surface area contributed by atoms with Crippen molar-refractivity contribution in [2.24, 2.45) is 5.92 Å². The van der Waals surface area contributed by atoms with Gasteiger partial charge >= 0.3 is 0 Å². The topological polar surface area (TPSA) is 55.9 Å². The molecule has 2 aliphatic heterocycles. The second-order valence-corrected chi connectivity index (χ2v) is 7.66. The molecule has 140 valence electrons. The quantitative estimate of drug-likeness (QED) is 0.816. The van der Waals surface area contributed by atoms with Gasteiger partial charge in [0.1, 0.15) is 0 Å². The molecule has 6 heteroatoms. The van der Waals surface area contributed by atoms with Gasteiger partial charge in [-0.05, 0) is 43.4 Å². The van der Waals surface area contributed by atoms with Gasteiger partial charge in [0.25, 0.3) is 0 Å². The summed E-state index contributed by atoms with van der Waals surface area (Å²) in [5.74, 6) is 1.15. The number of rotatable bonds is 6. The number of amides is 2. The van der Waals surface area contributed by atoms with Crippen LogP contribution in [0.4, 0.5) is 5.69 Å². The highest BCUT2D eigenvalue weighted by Crippen LogP contribution is 2.28. The molecule has 2 heterocycles. The molecule has 2 amide bonds. The van der Waals surface area contributed by atoms with E-state index in [1.807, 2.05) is 28.0 Å². The summed E-state index contributed by atoms with van der Waals surface area (Å²) in [6.07, 6.45) is 3.54. The molecule has 1 aromatic rings. The van der Waals surface area contributed by atoms with Crippen LogP contribution in [0, 0.1) is 5.92 Å². The number of para-hydroxylation sites is 1. The second kappa shape index (κ2) is 7.76. The van der Waals surface area contributed by atoms with Crippen LogP contribution in [0.25, 0.3) is 0 Å². The first-order valence-electron chi connectivity index (χ1n) is 9.80. The summed E-state index contributed by atoms with van der Waals surface area (Å²) in [5.41, 5.74) is 2.32. The van der Waals surface area contributed by atoms with Gasteiger partial charge < -0.3 is 15.1 Å². The molecule has 0 aromatic heterocycles. The molecule has 0 atom stereocenters. The Balaban J connectivity index is 1.21. The maximum Gasteiger partial charge on any atom is 0.241 e. The molecule has 0 bridgehead atoms. The summed E-state index contributed by atoms with van der Waals surface area (Å²) in [4.78, 5) is 30.9. The molecule has 6 nitrogen and oxygen atoms in total. The molecular formula is C20H28N4O2. The number of carbonyl (C=O) groups excluding carboxylic acids is 2. The Kier molecular flexibility index (Phi) is 5.22. The second-order valence-electron chi connectivity index (χ2n) is 7.66. The predicted octanol–water partition coefficient (Wildman–Crippen LogP) is 0.720. The Bertz CT molecular complexity index is 666. The third kappa shape index (κ3) is 4.07. The third-order valence-electron chi connectivity index (χ3n) is 5.68. The normalized spacial score (nSPS) is 20.3. The van der Waals surface area contributed by atoms with Crippen molar-refractivity contribution in [3.8, 4) is 0 Å². The van der Waals surface area contributed by atoms with Gasteiger partial charge in [0.05, 0.1) is 13.1 Å². The van der Waals surface area contributed by atoms with E-state index in [-0.39, 0.29) is 11.8 Å². The van der Waals surface area contributed by atoms with Crippen LogP contribution in [0.1, 0.15) is 18.4 Å². The molecule has 4 rings (SSSR count). The number of nitrogens with one attached hydrogen (secondary N) is 1. The number of hydrogen-bond acceptors (Lipinski definition) is 4. The first kappa shape index (κ1) is 17.5. The first-order valence-corrected chi connectivity index (χ1v) is 9.80. The molecule has 1 aliphatic carbocycles. The Morgan fingerprint density at radius 2 is 1.77 bits per heavy atom. The van der Waals surface area contributed by atoms with Crippen molar-refractivity contribution in [3.05, 3.63) is 29.8 Å². The van der Waals surface area contributed by atoms with E-state index < -0.39 is 0 Å². The van der Waals surface area contributed by atoms with Crippen LogP contribution >= 0.6 is 0 Å². The largest absolute Gasteiger partial charge is 0.339 e. The Morgan fingerprint density at radius 1 is 1.00 bits per heavy atom. The fourth-order valence-corrected chi connectivity index (χ4v) is 3.85. The Labute approximate surface area is 155 Å². The lowest BCUT2D eigenvalue weighted by Crippen LogP contribution is -2.53. The number of fused-ring (bicyclic) bond motifs is 1. The molecule has 0 spiro atoms. The summed E-state index contributed by atoms with van der Waals surface area (Å²) in [7, 11) is 0. The van der Waals surface area contributed by atoms with E-state index in [0.29, 0.717) is 26.2 Å². The van der Waals surface area contributed by atoms with E-state index in [0.717, 1.165) is 44.2 Å². The van der Waals surface area contributed by atoms with E-state index in [4.69, 9.17) is 0 Å². The van der Waals surface area contributed by atoms with Gasteiger partial charge in [-0.1, -0.05) is 18.2 Å². The summed E-state index contributed by atoms with van der Waals surface area (Å²) < 4.78 is 0. The molecule has 26 heavy (non-hydrogen) atoms. The zero-order chi connectivity index (χ0) is 17.9. The summed E-state index contributed by atoms with van der Waals surface area (Å²) in [6, 6.07) is 8.16. The van der Waals surface area contributed by atoms with Crippen molar-refractivity contribution >= 4 is 17.5 Å². The predicted molar refractivity (Wildman–Crippen MR) is 101 cm³/mol. The van der Waals surface area contributed by atoms with Crippen LogP contribution in [0.5, 0.6) is 0 Å². The maximum absolute atomic E-state index is 12.7. The molecule has 1 saturated carbocycles. The Hall–Kier alpha value is -1.92. The lowest BCUT2D eigenvalue weighted by atomic mass is 10.2. The Morgan fingerprint density at radius 3 is 2.54 bits per heavy atom. The van der Waals surface area contributed by atoms with Gasteiger partial charge in [-0.3, -0.25) is 14.5 Å². The summed E-state index contributed by atoms with van der Waals surface area (Å²) >= 11 is 0. The van der Waals surface area contributed by atoms with E-state index in [1.54, 1.807) is 0 Å². The van der Waals surface area contributed by atoms with Crippen LogP contribution in [0.2, 0.25) is 0 Å². The SMILES string of the molecule is O=C(CNCC1CC1)N1CCN(CC(=O)N2CCc3ccccc32)CC1. The number of carbonyl (C=O) groups is 2. The van der Waals surface area contributed by atoms with Gasteiger partial charge in [-0.2, -0.15) is 0 Å². The van der Waals surface area contributed by atoms with Crippen molar-refractivity contribution in [2.45, 2.75) is 19.3 Å². The van der Waals surface area contributed by atoms with Crippen LogP contribution in [0.15, 0.2) is 24.3 Å². The van der Waals surface area contributed by atoms with Crippen molar-refractivity contribution in [1.29, 1.82) is 0 Å². The van der Waals surface area contributed by atoms with E-state index in [1.165, 1.54) is 18.4 Å². The number of hydrogen-bond donors (Lipinski definition) is 1. The maximum atomic E-state index is 12.7. The molecular weight excluding hydrogens is 328 g/mol. The molecule has 0 unspecified atom stereocenters. The van der Waals surface area contributed by atoms with E-state index in [9.17, 15) is 9.59 Å². The van der Waals surface area contributed by atoms with Crippen LogP contribution in [0.3, 0.4) is 0 Å². The highest BCUT2D eigenvalue weighted by molar-refractivity contribution is 5.96. The lowest BCUT2D eigenvalue weighted by molar-refractivity contribution is -0.132. The molecule has 2 fully saturated rings. The minimum atomic E-state index is 0.167. The fraction of sp³-hybridized carbons (Fsp3) is 0.600. The van der Waals surface area contributed by atoms with E-state index in [2.05, 4.69) is 16.3 Å². The van der Waals surface area contributed by atoms with Gasteiger partial charge in [0.15, 0.2) is 0 Å². The summed E-state index contributed by atoms with van der Waals surface area (Å²) in [5, 5.41) is 3.27. The molecule has 1 saturated heterocycles. The number of nitrogens with zero attached hydrogens (tertiary/aromatic N) is 3. The minimum absolute atomic E-state index is 0.167.